The summed E-state index contributed by atoms with van der Waals surface area (Å²) in [6.45, 7) is 28.0. The molecule has 0 bridgehead atoms. The molecule has 4 aromatic heterocycles. The van der Waals surface area contributed by atoms with Crippen molar-refractivity contribution in [2.24, 2.45) is 5.34 Å². The Kier molecular flexibility index (Phi) is 39.5. The molecule has 4 heterocycles. The summed E-state index contributed by atoms with van der Waals surface area (Å²) in [5.74, 6) is 2.05. The number of hydrogen-bond acceptors (Lipinski definition) is 15. The molecule has 0 saturated carbocycles. The number of Topliss-reactive ketones (excluding diaryl/α,β-unsaturated/α-hetero) is 1. The number of hydrogen-bond donors (Lipinski definition) is 1. The molecule has 0 fully saturated rings. The Balaban J connectivity index is -0.000000195. The predicted molar refractivity (Wildman–Crippen MR) is 219 cm³/mol. The first-order valence-electron chi connectivity index (χ1n) is 17.2. The van der Waals surface area contributed by atoms with Crippen molar-refractivity contribution in [3.63, 3.8) is 0 Å². The van der Waals surface area contributed by atoms with Crippen LogP contribution in [0.2, 0.25) is 0 Å². The van der Waals surface area contributed by atoms with Crippen LogP contribution in [0.15, 0.2) is 59.5 Å². The molecule has 0 atom stereocenters. The van der Waals surface area contributed by atoms with Gasteiger partial charge in [-0.15, -0.1) is 4.91 Å². The maximum absolute atomic E-state index is 10.8. The topological polar surface area (TPSA) is 232 Å². The second kappa shape index (κ2) is 37.7. The SMILES string of the molecule is CC(=O)c1cnc(C(C)C)cn1.CC(C)(C)ON=O.CC(C)c1cnc(Br)cn1.CC(C)c1cnc(C#N)cn1.CC(C)c1cnc(N)cn1.[2H]CF.[C-]#N.[Cu+].[Cu][Br]. The Morgan fingerprint density at radius 3 is 1.39 bits per heavy atom. The Bertz CT molecular complexity index is 1620. The van der Waals surface area contributed by atoms with Gasteiger partial charge in [-0.05, 0) is 60.4 Å². The van der Waals surface area contributed by atoms with Crippen LogP contribution in [0.4, 0.5) is 10.2 Å². The molecule has 0 aliphatic rings. The van der Waals surface area contributed by atoms with Crippen molar-refractivity contribution >= 4 is 41.6 Å². The second-order valence-electron chi connectivity index (χ2n) is 12.8. The van der Waals surface area contributed by atoms with E-state index in [1.165, 1.54) is 19.3 Å². The summed E-state index contributed by atoms with van der Waals surface area (Å²) >= 11 is 9.72. The van der Waals surface area contributed by atoms with Gasteiger partial charge in [-0.2, -0.15) is 5.26 Å². The van der Waals surface area contributed by atoms with E-state index in [-0.39, 0.29) is 22.9 Å². The van der Waals surface area contributed by atoms with E-state index in [2.05, 4.69) is 122 Å². The van der Waals surface area contributed by atoms with E-state index in [9.17, 15) is 14.1 Å². The molecule has 15 nitrogen and oxygen atoms in total. The molecular weight excluding hydrogens is 966 g/mol. The molecular formula is C37H53Br2Cu2FN12O3. The molecule has 2 N–H and O–H groups in total. The number of carbonyl (C=O) groups excluding carboxylic acids is 1. The summed E-state index contributed by atoms with van der Waals surface area (Å²) in [5, 5.41) is 16.9. The van der Waals surface area contributed by atoms with Crippen molar-refractivity contribution in [3.8, 4) is 6.07 Å². The average Bonchev–Trinajstić information content (AvgIpc) is 3.17. The molecule has 0 aliphatic heterocycles. The number of nitriles is 1. The number of halogens is 3. The molecule has 0 spiro atoms. The number of alkyl halides is 1. The van der Waals surface area contributed by atoms with Crippen molar-refractivity contribution in [3.05, 3.63) is 99.8 Å². The van der Waals surface area contributed by atoms with Gasteiger partial charge in [0.2, 0.25) is 0 Å². The molecule has 4 rings (SSSR count). The fraction of sp³-hybridized carbons (Fsp3) is 0.486. The van der Waals surface area contributed by atoms with Crippen LogP contribution < -0.4 is 5.73 Å². The zero-order chi connectivity index (χ0) is 45.1. The van der Waals surface area contributed by atoms with Crippen molar-refractivity contribution < 1.29 is 46.7 Å². The van der Waals surface area contributed by atoms with Crippen LogP contribution in [0.25, 0.3) is 0 Å². The van der Waals surface area contributed by atoms with Gasteiger partial charge in [-0.1, -0.05) is 55.4 Å². The molecule has 0 unspecified atom stereocenters. The number of nitrogens with two attached hydrogens (primary N) is 1. The standard InChI is InChI=1S/C9H12N2O.C8H9N3.C7H9BrN2.C7H11N3.C4H9NO2.CH3F.CN.BrH.2Cu/c1-6(2)8-4-11-9(5-10-8)7(3)12;1-6(2)8-5-10-7(3-9)4-11-8;2*1-5(2)6-3-10-7(8)4-9-6;1-4(2,3)7-5-6;2*1-2;;;/h4-6H,1-3H3;4-6H,1-2H3;3-5H,1-2H3;3-5H,1-2H3,(H2,8,10);1-3H3;1H3;;1H;;/q;;;;;;-1;;2*+1/p-1/i;;;;;1D;;;;. The van der Waals surface area contributed by atoms with Gasteiger partial charge in [0, 0.05) is 19.3 Å². The van der Waals surface area contributed by atoms with Gasteiger partial charge >= 0.3 is 45.4 Å². The first kappa shape index (κ1) is 59.8. The molecule has 322 valence electrons. The van der Waals surface area contributed by atoms with E-state index in [1.54, 1.807) is 58.0 Å². The average molecular weight is 1020 g/mol. The van der Waals surface area contributed by atoms with Crippen molar-refractivity contribution in [1.29, 1.82) is 10.5 Å². The molecule has 20 heteroatoms. The molecule has 57 heavy (non-hydrogen) atoms. The Hall–Kier alpha value is -3.90. The van der Waals surface area contributed by atoms with E-state index in [0.29, 0.717) is 40.9 Å². The van der Waals surface area contributed by atoms with Crippen LogP contribution in [0.5, 0.6) is 0 Å². The monoisotopic (exact) mass is 1020 g/mol. The third-order valence-electron chi connectivity index (χ3n) is 5.83. The number of aromatic nitrogens is 8. The second-order valence-corrected chi connectivity index (χ2v) is 13.7. The van der Waals surface area contributed by atoms with E-state index in [0.717, 1.165) is 27.4 Å². The summed E-state index contributed by atoms with van der Waals surface area (Å²) in [6.07, 6.45) is 13.1. The van der Waals surface area contributed by atoms with Gasteiger partial charge in [0.1, 0.15) is 27.8 Å². The van der Waals surface area contributed by atoms with Gasteiger partial charge in [0.25, 0.3) is 0 Å². The van der Waals surface area contributed by atoms with Gasteiger partial charge in [0.15, 0.2) is 16.8 Å². The molecule has 0 amide bonds. The normalized spacial score (nSPS) is 9.47. The first-order valence-corrected chi connectivity index (χ1v) is 19.6. The number of rotatable bonds is 6. The fourth-order valence-corrected chi connectivity index (χ4v) is 3.09. The predicted octanol–water partition coefficient (Wildman–Crippen LogP) is 9.82. The molecule has 0 aromatic carbocycles. The first-order chi connectivity index (χ1) is 26.7. The van der Waals surface area contributed by atoms with Gasteiger partial charge < -0.3 is 22.4 Å². The third-order valence-corrected chi connectivity index (χ3v) is 6.24. The molecule has 0 radical (unpaired) electrons. The van der Waals surface area contributed by atoms with E-state index in [4.69, 9.17) is 24.2 Å². The summed E-state index contributed by atoms with van der Waals surface area (Å²) in [4.78, 5) is 56.8. The van der Waals surface area contributed by atoms with Crippen LogP contribution in [0.3, 0.4) is 0 Å². The van der Waals surface area contributed by atoms with Crippen LogP contribution in [0, 0.1) is 28.1 Å². The minimum absolute atomic E-state index is 0. The summed E-state index contributed by atoms with van der Waals surface area (Å²) in [7, 11) is -1.00. The molecule has 0 aliphatic carbocycles. The third kappa shape index (κ3) is 33.9. The zero-order valence-electron chi connectivity index (χ0n) is 35.1. The van der Waals surface area contributed by atoms with Gasteiger partial charge in [-0.3, -0.25) is 29.1 Å². The Morgan fingerprint density at radius 1 is 0.789 bits per heavy atom. The van der Waals surface area contributed by atoms with Crippen molar-refractivity contribution in [2.45, 2.75) is 112 Å². The Morgan fingerprint density at radius 2 is 1.16 bits per heavy atom. The summed E-state index contributed by atoms with van der Waals surface area (Å²) < 4.78 is 16.3. The summed E-state index contributed by atoms with van der Waals surface area (Å²) in [5.41, 5.74) is 9.57. The summed E-state index contributed by atoms with van der Waals surface area (Å²) in [6, 6.07) is 1.92. The van der Waals surface area contributed by atoms with Crippen molar-refractivity contribution in [1.82, 2.24) is 39.9 Å². The van der Waals surface area contributed by atoms with E-state index >= 15 is 0 Å². The van der Waals surface area contributed by atoms with E-state index < -0.39 is 12.8 Å². The van der Waals surface area contributed by atoms with E-state index in [1.807, 2.05) is 33.8 Å². The fourth-order valence-electron chi connectivity index (χ4n) is 2.89. The zero-order valence-corrected chi connectivity index (χ0v) is 39.1. The van der Waals surface area contributed by atoms with Crippen LogP contribution in [-0.2, 0) is 36.1 Å². The maximum atomic E-state index is 10.8. The number of nitrogens with zero attached hydrogens (tertiary/aromatic N) is 11. The van der Waals surface area contributed by atoms with Crippen LogP contribution in [-0.4, -0.2) is 58.4 Å². The number of nitrogen functional groups attached to an aromatic ring is 1. The van der Waals surface area contributed by atoms with Crippen LogP contribution in [0.1, 0.15) is 147 Å². The van der Waals surface area contributed by atoms with Crippen LogP contribution >= 0.6 is 30.0 Å². The minimum atomic E-state index is -1.00. The molecule has 4 aromatic rings. The van der Waals surface area contributed by atoms with Gasteiger partial charge in [-0.25, -0.2) is 19.9 Å². The number of ketones is 1. The Labute approximate surface area is 373 Å². The number of anilines is 1. The van der Waals surface area contributed by atoms with Gasteiger partial charge in [0.05, 0.1) is 68.5 Å². The van der Waals surface area contributed by atoms with Crippen molar-refractivity contribution in [2.75, 3.05) is 12.9 Å². The molecule has 0 saturated heterocycles. The number of carbonyl (C=O) groups is 1. The quantitative estimate of drug-likeness (QED) is 0.0623.